The molecule has 168 valence electrons. The summed E-state index contributed by atoms with van der Waals surface area (Å²) in [7, 11) is 0. The fourth-order valence-corrected chi connectivity index (χ4v) is 4.33. The first-order chi connectivity index (χ1) is 15.6. The molecule has 1 aliphatic carbocycles. The lowest BCUT2D eigenvalue weighted by molar-refractivity contribution is 0.0930. The number of nitrogens with one attached hydrogen (secondary N) is 3. The average molecular weight is 435 g/mol. The zero-order valence-electron chi connectivity index (χ0n) is 18.4. The van der Waals surface area contributed by atoms with Gasteiger partial charge < -0.3 is 26.1 Å². The van der Waals surface area contributed by atoms with E-state index < -0.39 is 0 Å². The number of rotatable bonds is 7. The molecule has 0 spiro atoms. The lowest BCUT2D eigenvalue weighted by Gasteiger charge is -2.23. The van der Waals surface area contributed by atoms with Crippen molar-refractivity contribution in [2.24, 2.45) is 11.7 Å². The van der Waals surface area contributed by atoms with Gasteiger partial charge in [0, 0.05) is 23.8 Å². The highest BCUT2D eigenvalue weighted by molar-refractivity contribution is 6.09. The van der Waals surface area contributed by atoms with E-state index in [1.807, 2.05) is 25.1 Å². The van der Waals surface area contributed by atoms with Gasteiger partial charge in [-0.2, -0.15) is 0 Å². The van der Waals surface area contributed by atoms with Crippen LogP contribution in [-0.2, 0) is 6.54 Å². The van der Waals surface area contributed by atoms with Crippen LogP contribution in [0, 0.1) is 12.8 Å². The number of ether oxygens (including phenoxy) is 1. The van der Waals surface area contributed by atoms with Crippen LogP contribution < -0.4 is 21.1 Å². The van der Waals surface area contributed by atoms with Gasteiger partial charge in [0.2, 0.25) is 0 Å². The number of carbonyl (C=O) groups is 1. The number of aromatic amines is 1. The molecule has 3 aromatic rings. The first-order valence-corrected chi connectivity index (χ1v) is 11.4. The van der Waals surface area contributed by atoms with Crippen LogP contribution in [0.2, 0.25) is 0 Å². The zero-order chi connectivity index (χ0) is 22.1. The van der Waals surface area contributed by atoms with Gasteiger partial charge in [-0.3, -0.25) is 4.79 Å². The maximum atomic E-state index is 13.2. The summed E-state index contributed by atoms with van der Waals surface area (Å²) < 4.78 is 6.15. The maximum Gasteiger partial charge on any atom is 0.255 e. The van der Waals surface area contributed by atoms with Gasteiger partial charge in [-0.25, -0.2) is 9.97 Å². The van der Waals surface area contributed by atoms with Crippen molar-refractivity contribution < 1.29 is 9.53 Å². The number of benzene rings is 1. The predicted octanol–water partition coefficient (Wildman–Crippen LogP) is 2.66. The summed E-state index contributed by atoms with van der Waals surface area (Å²) >= 11 is 0. The number of aryl methyl sites for hydroxylation is 1. The van der Waals surface area contributed by atoms with Gasteiger partial charge in [0.05, 0.1) is 17.7 Å². The molecule has 0 bridgehead atoms. The van der Waals surface area contributed by atoms with Gasteiger partial charge in [-0.1, -0.05) is 6.07 Å². The number of nitrogens with two attached hydrogens (primary N) is 1. The molecule has 1 saturated heterocycles. The van der Waals surface area contributed by atoms with Crippen LogP contribution in [0.25, 0.3) is 22.3 Å². The number of hydrogen-bond donors (Lipinski definition) is 4. The molecule has 2 aromatic heterocycles. The molecule has 1 aliphatic heterocycles. The summed E-state index contributed by atoms with van der Waals surface area (Å²) in [5.74, 6) is 1.33. The standard InChI is InChI=1S/C24H30N6O2/c1-14-20(24(31)30-17-6-8-26-9-7-17)22-23(29-14)21(27-13-28-22)18-10-16(11-25)4-5-19(18)32-12-15-2-3-15/h4-5,10,13,15,17,26,29H,2-3,6-9,11-12,25H2,1H3,(H,30,31). The van der Waals surface area contributed by atoms with Gasteiger partial charge in [-0.15, -0.1) is 0 Å². The summed E-state index contributed by atoms with van der Waals surface area (Å²) in [4.78, 5) is 25.6. The van der Waals surface area contributed by atoms with Gasteiger partial charge in [0.1, 0.15) is 23.3 Å². The molecular formula is C24H30N6O2. The van der Waals surface area contributed by atoms with Crippen LogP contribution in [0.5, 0.6) is 5.75 Å². The van der Waals surface area contributed by atoms with Crippen molar-refractivity contribution >= 4 is 16.9 Å². The summed E-state index contributed by atoms with van der Waals surface area (Å²) in [6.45, 7) is 4.88. The molecule has 5 rings (SSSR count). The fourth-order valence-electron chi connectivity index (χ4n) is 4.33. The van der Waals surface area contributed by atoms with E-state index in [1.54, 1.807) is 0 Å². The Morgan fingerprint density at radius 2 is 2.03 bits per heavy atom. The van der Waals surface area contributed by atoms with E-state index in [2.05, 4.69) is 25.6 Å². The summed E-state index contributed by atoms with van der Waals surface area (Å²) in [6.07, 6.45) is 5.83. The summed E-state index contributed by atoms with van der Waals surface area (Å²) in [6, 6.07) is 6.16. The number of amides is 1. The lowest BCUT2D eigenvalue weighted by Crippen LogP contribution is -2.42. The third kappa shape index (κ3) is 4.20. The number of H-pyrrole nitrogens is 1. The topological polar surface area (TPSA) is 118 Å². The van der Waals surface area contributed by atoms with E-state index in [0.717, 1.165) is 59.7 Å². The highest BCUT2D eigenvalue weighted by Crippen LogP contribution is 2.37. The van der Waals surface area contributed by atoms with E-state index in [4.69, 9.17) is 10.5 Å². The van der Waals surface area contributed by atoms with Crippen LogP contribution >= 0.6 is 0 Å². The van der Waals surface area contributed by atoms with Crippen LogP contribution in [0.1, 0.15) is 47.3 Å². The van der Waals surface area contributed by atoms with Gasteiger partial charge in [-0.05, 0) is 69.3 Å². The third-order valence-corrected chi connectivity index (χ3v) is 6.38. The molecule has 2 fully saturated rings. The quantitative estimate of drug-likeness (QED) is 0.454. The van der Waals surface area contributed by atoms with Crippen LogP contribution in [0.4, 0.5) is 0 Å². The number of hydrogen-bond acceptors (Lipinski definition) is 6. The van der Waals surface area contributed by atoms with Crippen LogP contribution in [0.3, 0.4) is 0 Å². The van der Waals surface area contributed by atoms with Gasteiger partial charge >= 0.3 is 0 Å². The SMILES string of the molecule is Cc1[nH]c2c(-c3cc(CN)ccc3OCC3CC3)ncnc2c1C(=O)NC1CCNCC1. The fraction of sp³-hybridized carbons (Fsp3) is 0.458. The summed E-state index contributed by atoms with van der Waals surface area (Å²) in [5.41, 5.74) is 11.2. The molecule has 8 heteroatoms. The zero-order valence-corrected chi connectivity index (χ0v) is 18.4. The molecule has 0 radical (unpaired) electrons. The number of aromatic nitrogens is 3. The average Bonchev–Trinajstić information content (AvgIpc) is 3.58. The second-order valence-electron chi connectivity index (χ2n) is 8.86. The molecule has 32 heavy (non-hydrogen) atoms. The Hall–Kier alpha value is -2.97. The van der Waals surface area contributed by atoms with Crippen molar-refractivity contribution in [3.63, 3.8) is 0 Å². The van der Waals surface area contributed by atoms with Crippen molar-refractivity contribution in [3.8, 4) is 17.0 Å². The minimum absolute atomic E-state index is 0.0915. The Bertz CT molecular complexity index is 1130. The van der Waals surface area contributed by atoms with E-state index in [1.165, 1.54) is 19.2 Å². The molecular weight excluding hydrogens is 404 g/mol. The largest absolute Gasteiger partial charge is 0.493 e. The Morgan fingerprint density at radius 1 is 1.22 bits per heavy atom. The molecule has 3 heterocycles. The predicted molar refractivity (Wildman–Crippen MR) is 124 cm³/mol. The Labute approximate surface area is 187 Å². The Morgan fingerprint density at radius 3 is 2.78 bits per heavy atom. The smallest absolute Gasteiger partial charge is 0.255 e. The van der Waals surface area contributed by atoms with Gasteiger partial charge in [0.15, 0.2) is 0 Å². The number of nitrogens with zero attached hydrogens (tertiary/aromatic N) is 2. The number of carbonyl (C=O) groups excluding carboxylic acids is 1. The lowest BCUT2D eigenvalue weighted by atomic mass is 10.0. The molecule has 0 unspecified atom stereocenters. The molecule has 8 nitrogen and oxygen atoms in total. The number of fused-ring (bicyclic) bond motifs is 1. The van der Waals surface area contributed by atoms with Crippen molar-refractivity contribution in [1.29, 1.82) is 0 Å². The molecule has 5 N–H and O–H groups in total. The maximum absolute atomic E-state index is 13.2. The first-order valence-electron chi connectivity index (χ1n) is 11.4. The van der Waals surface area contributed by atoms with Crippen molar-refractivity contribution in [2.45, 2.75) is 45.2 Å². The van der Waals surface area contributed by atoms with Crippen LogP contribution in [-0.4, -0.2) is 46.6 Å². The molecule has 1 amide bonds. The Balaban J connectivity index is 1.53. The van der Waals surface area contributed by atoms with Crippen molar-refractivity contribution in [3.05, 3.63) is 41.3 Å². The van der Waals surface area contributed by atoms with Crippen molar-refractivity contribution in [1.82, 2.24) is 25.6 Å². The van der Waals surface area contributed by atoms with E-state index in [0.29, 0.717) is 30.1 Å². The summed E-state index contributed by atoms with van der Waals surface area (Å²) in [5, 5.41) is 6.51. The minimum Gasteiger partial charge on any atom is -0.493 e. The number of piperidine rings is 1. The monoisotopic (exact) mass is 434 g/mol. The normalized spacial score (nSPS) is 16.9. The first kappa shape index (κ1) is 20.9. The van der Waals surface area contributed by atoms with Crippen molar-refractivity contribution in [2.75, 3.05) is 19.7 Å². The van der Waals surface area contributed by atoms with Gasteiger partial charge in [0.25, 0.3) is 5.91 Å². The van der Waals surface area contributed by atoms with E-state index in [9.17, 15) is 4.79 Å². The second kappa shape index (κ2) is 8.88. The van der Waals surface area contributed by atoms with E-state index >= 15 is 0 Å². The highest BCUT2D eigenvalue weighted by Gasteiger charge is 2.25. The molecule has 0 atom stereocenters. The second-order valence-corrected chi connectivity index (χ2v) is 8.86. The molecule has 1 saturated carbocycles. The Kier molecular flexibility index (Phi) is 5.80. The minimum atomic E-state index is -0.0915. The highest BCUT2D eigenvalue weighted by atomic mass is 16.5. The van der Waals surface area contributed by atoms with Crippen LogP contribution in [0.15, 0.2) is 24.5 Å². The van der Waals surface area contributed by atoms with E-state index in [-0.39, 0.29) is 11.9 Å². The molecule has 1 aromatic carbocycles. The molecule has 2 aliphatic rings. The third-order valence-electron chi connectivity index (χ3n) is 6.38.